The summed E-state index contributed by atoms with van der Waals surface area (Å²) in [5.41, 5.74) is 7.21. The molecule has 2 atom stereocenters. The first-order valence-corrected chi connectivity index (χ1v) is 23.6. The minimum Gasteiger partial charge on any atom is -0.406 e. The largest absolute Gasteiger partial charge is 0.573 e. The van der Waals surface area contributed by atoms with E-state index in [4.69, 9.17) is 10.4 Å². The number of aromatic nitrogens is 2. The Balaban J connectivity index is 0.000000235. The number of nitrogens with one attached hydrogen (secondary N) is 2. The molecule has 0 saturated carbocycles. The minimum atomic E-state index is -4.76. The molecule has 0 unspecified atom stereocenters. The third-order valence-corrected chi connectivity index (χ3v) is 15.7. The zero-order valence-corrected chi connectivity index (χ0v) is 36.5. The molecule has 20 heteroatoms. The van der Waals surface area contributed by atoms with Crippen molar-refractivity contribution in [2.24, 2.45) is 0 Å². The van der Waals surface area contributed by atoms with Crippen LogP contribution in [0.25, 0.3) is 44.1 Å². The molecule has 0 fully saturated rings. The van der Waals surface area contributed by atoms with Crippen molar-refractivity contribution in [3.8, 4) is 28.0 Å². The van der Waals surface area contributed by atoms with E-state index in [0.717, 1.165) is 50.3 Å². The molecule has 4 N–H and O–H groups in total. The minimum absolute atomic E-state index is 0.0193. The number of benzene rings is 4. The Morgan fingerprint density at radius 2 is 1.13 bits per heavy atom. The van der Waals surface area contributed by atoms with Crippen molar-refractivity contribution in [3.63, 3.8) is 0 Å². The highest BCUT2D eigenvalue weighted by Gasteiger charge is 2.44. The quantitative estimate of drug-likeness (QED) is 0.0364. The Labute approximate surface area is 359 Å². The van der Waals surface area contributed by atoms with Gasteiger partial charge in [0.1, 0.15) is 11.6 Å². The van der Waals surface area contributed by atoms with E-state index in [1.165, 1.54) is 66.9 Å². The fourth-order valence-electron chi connectivity index (χ4n) is 6.68. The van der Waals surface area contributed by atoms with Crippen LogP contribution >= 0.6 is 11.8 Å². The Hall–Kier alpha value is -5.41. The van der Waals surface area contributed by atoms with E-state index in [9.17, 15) is 44.0 Å². The van der Waals surface area contributed by atoms with Gasteiger partial charge in [-0.25, -0.2) is 32.2 Å². The third-order valence-electron chi connectivity index (χ3n) is 10.9. The average Bonchev–Trinajstić information content (AvgIpc) is 3.83. The fraction of sp³-hybridized carbons (Fsp3) is 0.286. The van der Waals surface area contributed by atoms with Gasteiger partial charge in [0.25, 0.3) is 11.8 Å². The zero-order valence-electron chi connectivity index (χ0n) is 34.0. The predicted molar refractivity (Wildman–Crippen MR) is 229 cm³/mol. The number of aryl methyl sites for hydroxylation is 2. The molecule has 2 amide bonds. The first kappa shape index (κ1) is 47.6. The van der Waals surface area contributed by atoms with Crippen LogP contribution in [0, 0.1) is 5.82 Å². The van der Waals surface area contributed by atoms with E-state index in [-0.39, 0.29) is 37.5 Å². The summed E-state index contributed by atoms with van der Waals surface area (Å²) in [4.78, 5) is 24.8. The molecular formula is C42H44F4N4O9S3. The van der Waals surface area contributed by atoms with Gasteiger partial charge in [-0.1, -0.05) is 30.3 Å². The number of hydroxylamine groups is 2. The van der Waals surface area contributed by atoms with Gasteiger partial charge in [-0.3, -0.25) is 20.0 Å². The molecule has 0 aliphatic rings. The highest BCUT2D eigenvalue weighted by atomic mass is 32.2. The van der Waals surface area contributed by atoms with E-state index < -0.39 is 47.3 Å². The first-order chi connectivity index (χ1) is 28.9. The predicted octanol–water partition coefficient (Wildman–Crippen LogP) is 7.77. The van der Waals surface area contributed by atoms with E-state index in [1.807, 2.05) is 53.3 Å². The highest BCUT2D eigenvalue weighted by Crippen LogP contribution is 2.32. The summed E-state index contributed by atoms with van der Waals surface area (Å²) in [6.07, 6.45) is 2.50. The topological polar surface area (TPSA) is 186 Å². The molecule has 0 saturated heterocycles. The lowest BCUT2D eigenvalue weighted by Gasteiger charge is -2.25. The maximum atomic E-state index is 14.5. The van der Waals surface area contributed by atoms with Crippen LogP contribution in [0.2, 0.25) is 0 Å². The normalized spacial score (nSPS) is 14.0. The van der Waals surface area contributed by atoms with Crippen molar-refractivity contribution in [2.75, 3.05) is 18.8 Å². The lowest BCUT2D eigenvalue weighted by atomic mass is 10.0. The molecule has 4 aromatic carbocycles. The number of nitrogens with zero attached hydrogens (tertiary/aromatic N) is 2. The molecule has 0 bridgehead atoms. The standard InChI is InChI=1S/C21H21F3N2O5S.C21H23FN2O4S2/c1-20(19(27)25-28,32(2,29)30)10-12-26-11-9-16-13-15(5-8-18(16)26)14-3-6-17(7-4-14)31-21(22,23)24;1-21(20(25)23-26,30(3,27)28)9-11-24-10-8-15-12-14(4-7-19(15)24)17-6-5-16(29-2)13-18(17)22/h3-9,11,13,28H,10,12H2,1-2H3,(H,25,27);4-8,10,12-13,26H,9,11H2,1-3H3,(H,23,25)/t20-;21-/m11/s1. The molecule has 6 aromatic rings. The average molecular weight is 921 g/mol. The number of hydrogen-bond donors (Lipinski definition) is 4. The molecule has 13 nitrogen and oxygen atoms in total. The number of alkyl halides is 3. The second kappa shape index (κ2) is 18.5. The number of thioether (sulfide) groups is 1. The summed E-state index contributed by atoms with van der Waals surface area (Å²) in [5.74, 6) is -2.57. The Kier molecular flexibility index (Phi) is 14.2. The van der Waals surface area contributed by atoms with Crippen molar-refractivity contribution in [3.05, 3.63) is 109 Å². The van der Waals surface area contributed by atoms with E-state index >= 15 is 0 Å². The molecule has 0 aliphatic heterocycles. The van der Waals surface area contributed by atoms with Crippen molar-refractivity contribution >= 4 is 65.1 Å². The van der Waals surface area contributed by atoms with Crippen LogP contribution in [0.15, 0.2) is 108 Å². The number of fused-ring (bicyclic) bond motifs is 2. The lowest BCUT2D eigenvalue weighted by molar-refractivity contribution is -0.274. The third kappa shape index (κ3) is 10.4. The molecule has 6 rings (SSSR count). The van der Waals surface area contributed by atoms with Gasteiger partial charge in [0.2, 0.25) is 0 Å². The molecule has 62 heavy (non-hydrogen) atoms. The van der Waals surface area contributed by atoms with Crippen LogP contribution in [0.1, 0.15) is 26.7 Å². The maximum Gasteiger partial charge on any atom is 0.573 e. The smallest absolute Gasteiger partial charge is 0.406 e. The van der Waals surface area contributed by atoms with Gasteiger partial charge in [-0.05, 0) is 110 Å². The van der Waals surface area contributed by atoms with Gasteiger partial charge in [-0.2, -0.15) is 0 Å². The SMILES string of the molecule is CSc1ccc(-c2ccc3c(ccn3CC[C@](C)(C(=O)NO)S(C)(=O)=O)c2)c(F)c1.C[C@@](CCn1ccc2cc(-c3ccc(OC(F)(F)F)cc3)ccc21)(C(=O)NO)S(C)(=O)=O. The van der Waals surface area contributed by atoms with Gasteiger partial charge in [0.15, 0.2) is 29.2 Å². The Morgan fingerprint density at radius 3 is 1.55 bits per heavy atom. The second-order valence-corrected chi connectivity index (χ2v) is 20.6. The lowest BCUT2D eigenvalue weighted by Crippen LogP contribution is -2.49. The number of amides is 2. The number of ether oxygens (including phenoxy) is 1. The molecule has 0 aliphatic carbocycles. The van der Waals surface area contributed by atoms with Crippen LogP contribution in [-0.2, 0) is 42.4 Å². The van der Waals surface area contributed by atoms with Gasteiger partial charge >= 0.3 is 6.36 Å². The molecular weight excluding hydrogens is 877 g/mol. The Morgan fingerprint density at radius 1 is 0.677 bits per heavy atom. The number of rotatable bonds is 14. The summed E-state index contributed by atoms with van der Waals surface area (Å²) in [7, 11) is -7.57. The van der Waals surface area contributed by atoms with Crippen molar-refractivity contribution in [1.29, 1.82) is 0 Å². The molecule has 2 aromatic heterocycles. The summed E-state index contributed by atoms with van der Waals surface area (Å²) >= 11 is 1.48. The highest BCUT2D eigenvalue weighted by molar-refractivity contribution is 7.98. The number of carbonyl (C=O) groups is 2. The van der Waals surface area contributed by atoms with E-state index in [1.54, 1.807) is 35.2 Å². The van der Waals surface area contributed by atoms with Crippen LogP contribution in [0.5, 0.6) is 5.75 Å². The summed E-state index contributed by atoms with van der Waals surface area (Å²) in [5, 5.41) is 19.6. The van der Waals surface area contributed by atoms with Crippen LogP contribution in [-0.4, -0.2) is 82.8 Å². The second-order valence-electron chi connectivity index (χ2n) is 14.9. The fourth-order valence-corrected chi connectivity index (χ4v) is 8.80. The first-order valence-electron chi connectivity index (χ1n) is 18.6. The van der Waals surface area contributed by atoms with Gasteiger partial charge in [0, 0.05) is 70.3 Å². The number of hydrogen-bond acceptors (Lipinski definition) is 10. The van der Waals surface area contributed by atoms with Crippen LogP contribution in [0.4, 0.5) is 17.6 Å². The monoisotopic (exact) mass is 920 g/mol. The van der Waals surface area contributed by atoms with Crippen molar-refractivity contribution < 1.29 is 59.1 Å². The molecule has 0 radical (unpaired) electrons. The Bertz CT molecular complexity index is 2830. The number of sulfone groups is 2. The maximum absolute atomic E-state index is 14.5. The van der Waals surface area contributed by atoms with Gasteiger partial charge in [0.05, 0.1) is 0 Å². The van der Waals surface area contributed by atoms with Crippen LogP contribution in [0.3, 0.4) is 0 Å². The number of halogens is 4. The summed E-state index contributed by atoms with van der Waals surface area (Å²) in [6, 6.07) is 25.3. The summed E-state index contributed by atoms with van der Waals surface area (Å²) < 4.78 is 104. The van der Waals surface area contributed by atoms with Gasteiger partial charge < -0.3 is 13.9 Å². The van der Waals surface area contributed by atoms with Crippen LogP contribution < -0.4 is 15.7 Å². The molecule has 0 spiro atoms. The van der Waals surface area contributed by atoms with E-state index in [0.29, 0.717) is 11.1 Å². The van der Waals surface area contributed by atoms with Crippen molar-refractivity contribution in [1.82, 2.24) is 20.1 Å². The zero-order chi connectivity index (χ0) is 45.8. The van der Waals surface area contributed by atoms with Gasteiger partial charge in [-0.15, -0.1) is 24.9 Å². The molecule has 2 heterocycles. The summed E-state index contributed by atoms with van der Waals surface area (Å²) in [6.45, 7) is 2.99. The number of carbonyl (C=O) groups excluding carboxylic acids is 2. The molecule has 332 valence electrons. The van der Waals surface area contributed by atoms with E-state index in [2.05, 4.69) is 4.74 Å². The van der Waals surface area contributed by atoms with Crippen molar-refractivity contribution in [2.45, 2.75) is 60.5 Å².